The number of aromatic amines is 1. The maximum atomic E-state index is 12.1. The molecule has 0 bridgehead atoms. The minimum absolute atomic E-state index is 0.0907. The van der Waals surface area contributed by atoms with Gasteiger partial charge >= 0.3 is 13.3 Å². The molecule has 1 aliphatic rings. The lowest BCUT2D eigenvalue weighted by Crippen LogP contribution is -2.39. The molecule has 2 rings (SSSR count). The zero-order chi connectivity index (χ0) is 21.4. The second-order valence-corrected chi connectivity index (χ2v) is 9.38. The lowest BCUT2D eigenvalue weighted by atomic mass is 9.93. The predicted molar refractivity (Wildman–Crippen MR) is 97.9 cm³/mol. The lowest BCUT2D eigenvalue weighted by Gasteiger charge is -2.34. The molecular weight excluding hydrogens is 395 g/mol. The van der Waals surface area contributed by atoms with Crippen molar-refractivity contribution in [3.63, 3.8) is 0 Å². The van der Waals surface area contributed by atoms with Crippen molar-refractivity contribution in [2.45, 2.75) is 76.5 Å². The van der Waals surface area contributed by atoms with Gasteiger partial charge in [0.2, 0.25) is 0 Å². The molecule has 0 spiro atoms. The minimum Gasteiger partial charge on any atom is -0.388 e. The first kappa shape index (κ1) is 23.0. The van der Waals surface area contributed by atoms with E-state index in [0.717, 1.165) is 11.5 Å². The lowest BCUT2D eigenvalue weighted by molar-refractivity contribution is -0.0693. The Bertz CT molecular complexity index is 866. The van der Waals surface area contributed by atoms with Gasteiger partial charge in [0.05, 0.1) is 11.7 Å². The number of nitrogens with one attached hydrogen (secondary N) is 1. The van der Waals surface area contributed by atoms with Crippen LogP contribution >= 0.6 is 7.60 Å². The number of hydrogen-bond acceptors (Lipinski definition) is 8. The predicted octanol–water partition coefficient (Wildman–Crippen LogP) is -0.437. The van der Waals surface area contributed by atoms with Crippen LogP contribution in [-0.2, 0) is 13.8 Å². The van der Waals surface area contributed by atoms with Crippen LogP contribution in [0, 0.1) is 6.92 Å². The Hall–Kier alpha value is -1.33. The van der Waals surface area contributed by atoms with Crippen molar-refractivity contribution >= 4 is 7.60 Å². The molecule has 2 heterocycles. The van der Waals surface area contributed by atoms with Crippen LogP contribution in [0.2, 0.25) is 0 Å². The summed E-state index contributed by atoms with van der Waals surface area (Å²) < 4.78 is 23.9. The largest absolute Gasteiger partial charge is 0.388 e. The first-order valence-corrected chi connectivity index (χ1v) is 10.5. The van der Waals surface area contributed by atoms with Crippen molar-refractivity contribution in [2.75, 3.05) is 0 Å². The van der Waals surface area contributed by atoms with E-state index >= 15 is 0 Å². The molecule has 3 unspecified atom stereocenters. The molecule has 160 valence electrons. The summed E-state index contributed by atoms with van der Waals surface area (Å²) in [6, 6.07) is 0. The Morgan fingerprint density at radius 2 is 2.00 bits per heavy atom. The van der Waals surface area contributed by atoms with Gasteiger partial charge in [0.15, 0.2) is 12.1 Å². The van der Waals surface area contributed by atoms with Crippen molar-refractivity contribution in [3.8, 4) is 0 Å². The average Bonchev–Trinajstić information content (AvgIpc) is 2.85. The summed E-state index contributed by atoms with van der Waals surface area (Å²) >= 11 is 0. The molecule has 1 aliphatic heterocycles. The summed E-state index contributed by atoms with van der Waals surface area (Å²) in [5.74, 6) is -1.60. The number of aliphatic hydroxyl groups excluding tert-OH is 3. The number of hydrogen-bond donors (Lipinski definition) is 5. The van der Waals surface area contributed by atoms with E-state index in [2.05, 4.69) is 4.98 Å². The number of aliphatic hydroxyl groups is 3. The molecule has 0 aliphatic carbocycles. The highest BCUT2D eigenvalue weighted by Crippen LogP contribution is 2.52. The Morgan fingerprint density at radius 1 is 1.39 bits per heavy atom. The quantitative estimate of drug-likeness (QED) is 0.365. The van der Waals surface area contributed by atoms with Crippen molar-refractivity contribution in [3.05, 3.63) is 32.6 Å². The van der Waals surface area contributed by atoms with Crippen molar-refractivity contribution in [1.29, 1.82) is 0 Å². The number of nitrogens with zero attached hydrogens (tertiary/aromatic N) is 1. The third kappa shape index (κ3) is 4.62. The van der Waals surface area contributed by atoms with E-state index in [1.165, 1.54) is 20.0 Å². The first-order chi connectivity index (χ1) is 12.8. The van der Waals surface area contributed by atoms with Crippen LogP contribution in [0.15, 0.2) is 15.8 Å². The Morgan fingerprint density at radius 3 is 2.54 bits per heavy atom. The van der Waals surface area contributed by atoms with Crippen LogP contribution in [0.5, 0.6) is 0 Å². The molecule has 7 atom stereocenters. The smallest absolute Gasteiger partial charge is 0.356 e. The third-order valence-electron chi connectivity index (χ3n) is 4.96. The first-order valence-electron chi connectivity index (χ1n) is 8.86. The third-order valence-corrected chi connectivity index (χ3v) is 6.61. The van der Waals surface area contributed by atoms with E-state index in [9.17, 15) is 34.4 Å². The van der Waals surface area contributed by atoms with Crippen LogP contribution in [0.1, 0.15) is 45.4 Å². The van der Waals surface area contributed by atoms with Gasteiger partial charge in [-0.2, -0.15) is 0 Å². The second kappa shape index (κ2) is 8.19. The zero-order valence-corrected chi connectivity index (χ0v) is 17.0. The molecule has 0 aromatic carbocycles. The molecule has 1 saturated heterocycles. The van der Waals surface area contributed by atoms with Gasteiger partial charge < -0.3 is 29.5 Å². The van der Waals surface area contributed by atoms with Crippen molar-refractivity contribution < 1.29 is 34.0 Å². The highest BCUT2D eigenvalue weighted by atomic mass is 31.2. The monoisotopic (exact) mass is 422 g/mol. The maximum absolute atomic E-state index is 12.1. The van der Waals surface area contributed by atoms with Crippen LogP contribution in [-0.4, -0.2) is 59.5 Å². The van der Waals surface area contributed by atoms with Gasteiger partial charge in [-0.3, -0.25) is 18.9 Å². The van der Waals surface area contributed by atoms with Gasteiger partial charge in [-0.1, -0.05) is 6.92 Å². The van der Waals surface area contributed by atoms with Gasteiger partial charge in [0, 0.05) is 18.2 Å². The SMILES string of the molecule is CCC(C)(C[C@H]1O[C@@H](n2cc(C)c(=O)[nH]c2=O)[C@H](O)[C@@H]1O)OP(=O)(O)C(C)O. The van der Waals surface area contributed by atoms with E-state index in [1.54, 1.807) is 6.92 Å². The second-order valence-electron chi connectivity index (χ2n) is 7.32. The fourth-order valence-electron chi connectivity index (χ4n) is 2.97. The fourth-order valence-corrected chi connectivity index (χ4v) is 3.95. The van der Waals surface area contributed by atoms with Gasteiger partial charge in [-0.05, 0) is 27.2 Å². The number of aromatic nitrogens is 2. The Balaban J connectivity index is 2.26. The molecule has 28 heavy (non-hydrogen) atoms. The fraction of sp³-hybridized carbons (Fsp3) is 0.750. The molecule has 1 aromatic rings. The zero-order valence-electron chi connectivity index (χ0n) is 16.1. The molecule has 5 N–H and O–H groups in total. The Labute approximate surface area is 161 Å². The molecule has 0 saturated carbocycles. The van der Waals surface area contributed by atoms with E-state index < -0.39 is 54.8 Å². The van der Waals surface area contributed by atoms with E-state index in [-0.39, 0.29) is 18.4 Å². The summed E-state index contributed by atoms with van der Waals surface area (Å²) in [5.41, 5.74) is -2.42. The van der Waals surface area contributed by atoms with Crippen molar-refractivity contribution in [1.82, 2.24) is 9.55 Å². The van der Waals surface area contributed by atoms with Crippen LogP contribution < -0.4 is 11.2 Å². The van der Waals surface area contributed by atoms with E-state index in [1.807, 2.05) is 0 Å². The van der Waals surface area contributed by atoms with Gasteiger partial charge in [-0.15, -0.1) is 0 Å². The average molecular weight is 422 g/mol. The molecule has 11 nitrogen and oxygen atoms in total. The topological polar surface area (TPSA) is 171 Å². The number of ether oxygens (including phenoxy) is 1. The van der Waals surface area contributed by atoms with Gasteiger partial charge in [-0.25, -0.2) is 4.79 Å². The summed E-state index contributed by atoms with van der Waals surface area (Å²) in [6.07, 6.45) is -3.81. The molecule has 1 fully saturated rings. The minimum atomic E-state index is -4.33. The highest BCUT2D eigenvalue weighted by Gasteiger charge is 2.48. The number of aryl methyl sites for hydroxylation is 1. The van der Waals surface area contributed by atoms with E-state index in [4.69, 9.17) is 9.26 Å². The van der Waals surface area contributed by atoms with Gasteiger partial charge in [0.1, 0.15) is 12.2 Å². The van der Waals surface area contributed by atoms with Gasteiger partial charge in [0.25, 0.3) is 5.56 Å². The summed E-state index contributed by atoms with van der Waals surface area (Å²) in [4.78, 5) is 35.5. The molecule has 0 amide bonds. The Kier molecular flexibility index (Phi) is 6.72. The number of H-pyrrole nitrogens is 1. The highest BCUT2D eigenvalue weighted by molar-refractivity contribution is 7.53. The molecular formula is C16H27N2O9P. The van der Waals surface area contributed by atoms with Crippen LogP contribution in [0.3, 0.4) is 0 Å². The maximum Gasteiger partial charge on any atom is 0.356 e. The van der Waals surface area contributed by atoms with Crippen LogP contribution in [0.4, 0.5) is 0 Å². The van der Waals surface area contributed by atoms with E-state index in [0.29, 0.717) is 0 Å². The standard InChI is InChI=1S/C16H27N2O9P/c1-5-16(4,27-28(24,25)9(3)19)6-10-11(20)12(21)14(26-10)18-7-8(2)13(22)17-15(18)23/h7,9-12,14,19-21H,5-6H2,1-4H3,(H,24,25)(H,17,22,23)/t9?,10-,11-,12-,14-,16?/m1/s1. The molecule has 1 aromatic heterocycles. The summed E-state index contributed by atoms with van der Waals surface area (Å²) in [6.45, 7) is 5.81. The van der Waals surface area contributed by atoms with Crippen molar-refractivity contribution in [2.24, 2.45) is 0 Å². The van der Waals surface area contributed by atoms with Crippen LogP contribution in [0.25, 0.3) is 0 Å². The normalized spacial score (nSPS) is 30.6. The molecule has 12 heteroatoms. The number of rotatable bonds is 7. The summed E-state index contributed by atoms with van der Waals surface area (Å²) in [7, 11) is -4.33. The molecule has 0 radical (unpaired) electrons. The summed E-state index contributed by atoms with van der Waals surface area (Å²) in [5, 5.41) is 30.2.